The van der Waals surface area contributed by atoms with Crippen LogP contribution in [0, 0.1) is 11.8 Å². The number of unbranched alkanes of at least 4 members (excludes halogenated alkanes) is 2. The van der Waals surface area contributed by atoms with E-state index in [0.717, 1.165) is 56.3 Å². The molecule has 0 saturated heterocycles. The fraction of sp³-hybridized carbons (Fsp3) is 0.789. The van der Waals surface area contributed by atoms with Crippen LogP contribution >= 0.6 is 0 Å². The minimum Gasteiger partial charge on any atom is -0.549 e. The zero-order valence-corrected chi connectivity index (χ0v) is 17.2. The van der Waals surface area contributed by atoms with Crippen molar-refractivity contribution >= 4 is 20.8 Å². The molecule has 1 aliphatic rings. The van der Waals surface area contributed by atoms with Crippen molar-refractivity contribution < 1.29 is 18.8 Å². The first-order valence-electron chi connectivity index (χ1n) is 9.41. The number of carbonyl (C=O) groups excluding carboxylic acids is 2. The second-order valence-corrected chi connectivity index (χ2v) is 9.48. The van der Waals surface area contributed by atoms with Crippen molar-refractivity contribution in [2.75, 3.05) is 7.11 Å². The number of Topliss-reactive ketones (excluding diaryl/α,β-unsaturated/α-hetero) is 1. The first-order valence-corrected chi connectivity index (χ1v) is 12.2. The number of carbonyl (C=O) groups is 2. The Labute approximate surface area is 148 Å². The highest BCUT2D eigenvalue weighted by Crippen LogP contribution is 2.36. The molecule has 1 rings (SSSR count). The van der Waals surface area contributed by atoms with Gasteiger partial charge in [0.15, 0.2) is 5.78 Å². The summed E-state index contributed by atoms with van der Waals surface area (Å²) in [5.41, 5.74) is 0.933. The van der Waals surface area contributed by atoms with E-state index < -0.39 is 9.04 Å². The lowest BCUT2D eigenvalue weighted by molar-refractivity contribution is -0.145. The van der Waals surface area contributed by atoms with Gasteiger partial charge in [-0.25, -0.2) is 0 Å². The third-order valence-corrected chi connectivity index (χ3v) is 5.35. The molecular weight excluding hydrogens is 320 g/mol. The molecule has 0 amide bonds. The minimum atomic E-state index is -1.21. The predicted molar refractivity (Wildman–Crippen MR) is 99.3 cm³/mol. The molecule has 1 aliphatic carbocycles. The van der Waals surface area contributed by atoms with Crippen molar-refractivity contribution in [3.63, 3.8) is 0 Å². The van der Waals surface area contributed by atoms with Crippen molar-refractivity contribution in [1.82, 2.24) is 0 Å². The van der Waals surface area contributed by atoms with Gasteiger partial charge in [0.25, 0.3) is 0 Å². The van der Waals surface area contributed by atoms with Gasteiger partial charge in [0.05, 0.1) is 18.8 Å². The van der Waals surface area contributed by atoms with E-state index in [1.807, 2.05) is 6.92 Å². The highest BCUT2D eigenvalue weighted by Gasteiger charge is 2.33. The van der Waals surface area contributed by atoms with Crippen LogP contribution in [0.4, 0.5) is 0 Å². The number of allylic oxidation sites excluding steroid dienone is 2. The van der Waals surface area contributed by atoms with E-state index in [4.69, 9.17) is 9.16 Å². The van der Waals surface area contributed by atoms with E-state index in [1.165, 1.54) is 7.11 Å². The first kappa shape index (κ1) is 20.9. The van der Waals surface area contributed by atoms with Crippen LogP contribution in [0.3, 0.4) is 0 Å². The van der Waals surface area contributed by atoms with Crippen LogP contribution in [0.1, 0.15) is 65.2 Å². The maximum Gasteiger partial charge on any atom is 0.308 e. The Morgan fingerprint density at radius 1 is 1.29 bits per heavy atom. The summed E-state index contributed by atoms with van der Waals surface area (Å²) in [6, 6.07) is 0. The summed E-state index contributed by atoms with van der Waals surface area (Å²) in [7, 11) is 0.219. The molecular formula is C19H34O4Si. The third-order valence-electron chi connectivity index (χ3n) is 4.62. The lowest BCUT2D eigenvalue weighted by atomic mass is 10.00. The Kier molecular flexibility index (Phi) is 9.33. The van der Waals surface area contributed by atoms with Crippen LogP contribution in [0.5, 0.6) is 0 Å². The zero-order valence-electron chi connectivity index (χ0n) is 16.0. The lowest BCUT2D eigenvalue weighted by Crippen LogP contribution is -2.13. The number of ether oxygens (including phenoxy) is 1. The summed E-state index contributed by atoms with van der Waals surface area (Å²) in [5, 5.41) is 0. The highest BCUT2D eigenvalue weighted by atomic mass is 28.3. The van der Waals surface area contributed by atoms with Crippen molar-refractivity contribution in [3.8, 4) is 0 Å². The molecule has 0 heterocycles. The Balaban J connectivity index is 2.62. The maximum absolute atomic E-state index is 12.4. The molecule has 0 N–H and O–H groups in total. The average molecular weight is 355 g/mol. The van der Waals surface area contributed by atoms with Gasteiger partial charge in [0, 0.05) is 17.9 Å². The fourth-order valence-corrected chi connectivity index (χ4v) is 4.11. The molecule has 0 bridgehead atoms. The SMILES string of the molecule is CCCCC1CC(=O)C(CCCCC(C)C(=O)OC)=C1O[SiH](C)C. The molecule has 2 atom stereocenters. The molecule has 0 aromatic carbocycles. The van der Waals surface area contributed by atoms with Crippen LogP contribution in [0.25, 0.3) is 0 Å². The van der Waals surface area contributed by atoms with Gasteiger partial charge < -0.3 is 9.16 Å². The van der Waals surface area contributed by atoms with Crippen LogP contribution < -0.4 is 0 Å². The highest BCUT2D eigenvalue weighted by molar-refractivity contribution is 6.48. The summed E-state index contributed by atoms with van der Waals surface area (Å²) in [4.78, 5) is 23.9. The smallest absolute Gasteiger partial charge is 0.308 e. The molecule has 0 spiro atoms. The number of hydrogen-bond donors (Lipinski definition) is 0. The Morgan fingerprint density at radius 3 is 2.58 bits per heavy atom. The largest absolute Gasteiger partial charge is 0.549 e. The van der Waals surface area contributed by atoms with Crippen molar-refractivity contribution in [2.45, 2.75) is 78.3 Å². The lowest BCUT2D eigenvalue weighted by Gasteiger charge is -2.19. The predicted octanol–water partition coefficient (Wildman–Crippen LogP) is 4.39. The monoisotopic (exact) mass is 354 g/mol. The van der Waals surface area contributed by atoms with Gasteiger partial charge in [-0.3, -0.25) is 9.59 Å². The molecule has 0 aromatic heterocycles. The fourth-order valence-electron chi connectivity index (χ4n) is 3.26. The summed E-state index contributed by atoms with van der Waals surface area (Å²) < 4.78 is 10.9. The second kappa shape index (κ2) is 10.7. The molecule has 138 valence electrons. The van der Waals surface area contributed by atoms with E-state index in [0.29, 0.717) is 12.3 Å². The van der Waals surface area contributed by atoms with Gasteiger partial charge in [-0.1, -0.05) is 33.1 Å². The van der Waals surface area contributed by atoms with Crippen LogP contribution in [0.15, 0.2) is 11.3 Å². The number of hydrogen-bond acceptors (Lipinski definition) is 4. The first-order chi connectivity index (χ1) is 11.4. The summed E-state index contributed by atoms with van der Waals surface area (Å²) in [6.07, 6.45) is 7.43. The van der Waals surface area contributed by atoms with E-state index in [-0.39, 0.29) is 17.7 Å². The molecule has 0 aliphatic heterocycles. The number of esters is 1. The summed E-state index contributed by atoms with van der Waals surface area (Å²) in [6.45, 7) is 8.39. The summed E-state index contributed by atoms with van der Waals surface area (Å²) in [5.74, 6) is 1.37. The second-order valence-electron chi connectivity index (χ2n) is 7.15. The number of ketones is 1. The topological polar surface area (TPSA) is 52.6 Å². The van der Waals surface area contributed by atoms with E-state index in [9.17, 15) is 9.59 Å². The molecule has 0 fully saturated rings. The van der Waals surface area contributed by atoms with Crippen molar-refractivity contribution in [3.05, 3.63) is 11.3 Å². The van der Waals surface area contributed by atoms with Gasteiger partial charge in [-0.2, -0.15) is 0 Å². The summed E-state index contributed by atoms with van der Waals surface area (Å²) >= 11 is 0. The Bertz CT molecular complexity index is 456. The van der Waals surface area contributed by atoms with Gasteiger partial charge >= 0.3 is 5.97 Å². The maximum atomic E-state index is 12.4. The normalized spacial score (nSPS) is 19.1. The van der Waals surface area contributed by atoms with E-state index in [1.54, 1.807) is 0 Å². The van der Waals surface area contributed by atoms with Gasteiger partial charge in [-0.05, 0) is 38.8 Å². The van der Waals surface area contributed by atoms with Gasteiger partial charge in [0.1, 0.15) is 0 Å². The standard InChI is InChI=1S/C19H34O4Si/c1-6-7-11-15-13-17(20)16(18(15)23-24(4)5)12-9-8-10-14(2)19(21)22-3/h14-15,24H,6-13H2,1-5H3. The zero-order chi connectivity index (χ0) is 18.1. The molecule has 0 radical (unpaired) electrons. The van der Waals surface area contributed by atoms with Crippen molar-refractivity contribution in [2.24, 2.45) is 11.8 Å². The minimum absolute atomic E-state index is 0.0700. The third kappa shape index (κ3) is 6.42. The van der Waals surface area contributed by atoms with E-state index >= 15 is 0 Å². The van der Waals surface area contributed by atoms with Crippen LogP contribution in [-0.4, -0.2) is 27.9 Å². The Hall–Kier alpha value is -1.10. The van der Waals surface area contributed by atoms with Crippen LogP contribution in [-0.2, 0) is 18.8 Å². The molecule has 4 nitrogen and oxygen atoms in total. The number of methoxy groups -OCH3 is 1. The average Bonchev–Trinajstić information content (AvgIpc) is 2.83. The molecule has 0 aromatic rings. The van der Waals surface area contributed by atoms with Crippen molar-refractivity contribution in [1.29, 1.82) is 0 Å². The molecule has 2 unspecified atom stereocenters. The molecule has 5 heteroatoms. The quantitative estimate of drug-likeness (QED) is 0.314. The Morgan fingerprint density at radius 2 is 2.00 bits per heavy atom. The number of rotatable bonds is 11. The van der Waals surface area contributed by atoms with E-state index in [2.05, 4.69) is 20.0 Å². The van der Waals surface area contributed by atoms with Gasteiger partial charge in [0.2, 0.25) is 9.04 Å². The van der Waals surface area contributed by atoms with Crippen LogP contribution in [0.2, 0.25) is 13.1 Å². The molecule has 24 heavy (non-hydrogen) atoms. The molecule has 0 saturated carbocycles. The van der Waals surface area contributed by atoms with Gasteiger partial charge in [-0.15, -0.1) is 0 Å².